The van der Waals surface area contributed by atoms with Crippen LogP contribution in [0, 0.1) is 5.82 Å². The van der Waals surface area contributed by atoms with Crippen molar-refractivity contribution < 1.29 is 9.18 Å². The average molecular weight is 280 g/mol. The molecule has 0 radical (unpaired) electrons. The van der Waals surface area contributed by atoms with Gasteiger partial charge in [0.15, 0.2) is 11.6 Å². The van der Waals surface area contributed by atoms with Gasteiger partial charge in [-0.15, -0.1) is 11.3 Å². The molecule has 0 bridgehead atoms. The summed E-state index contributed by atoms with van der Waals surface area (Å²) in [4.78, 5) is 16.7. The van der Waals surface area contributed by atoms with Gasteiger partial charge in [-0.3, -0.25) is 4.79 Å². The summed E-state index contributed by atoms with van der Waals surface area (Å²) in [6, 6.07) is 4.93. The zero-order chi connectivity index (χ0) is 13.8. The molecule has 2 aromatic rings. The van der Waals surface area contributed by atoms with Crippen molar-refractivity contribution in [3.8, 4) is 0 Å². The molecule has 0 spiro atoms. The van der Waals surface area contributed by atoms with Crippen molar-refractivity contribution in [1.82, 2.24) is 10.3 Å². The van der Waals surface area contributed by atoms with Crippen LogP contribution in [0.4, 0.5) is 10.2 Å². The Bertz CT molecular complexity index is 573. The molecule has 0 saturated heterocycles. The maximum atomic E-state index is 13.9. The Labute approximate surface area is 113 Å². The third-order valence-electron chi connectivity index (χ3n) is 2.59. The molecule has 19 heavy (non-hydrogen) atoms. The summed E-state index contributed by atoms with van der Waals surface area (Å²) in [5.41, 5.74) is 2.02. The second-order valence-electron chi connectivity index (χ2n) is 3.88. The van der Waals surface area contributed by atoms with Crippen LogP contribution in [-0.2, 0) is 0 Å². The van der Waals surface area contributed by atoms with Crippen LogP contribution in [0.25, 0.3) is 0 Å². The molecule has 100 valence electrons. The lowest BCUT2D eigenvalue weighted by Crippen LogP contribution is -2.27. The van der Waals surface area contributed by atoms with Gasteiger partial charge in [-0.2, -0.15) is 0 Å². The van der Waals surface area contributed by atoms with E-state index < -0.39 is 11.7 Å². The highest BCUT2D eigenvalue weighted by molar-refractivity contribution is 7.10. The first-order chi connectivity index (χ1) is 9.13. The van der Waals surface area contributed by atoms with Crippen LogP contribution < -0.4 is 16.6 Å². The van der Waals surface area contributed by atoms with Gasteiger partial charge in [-0.1, -0.05) is 6.07 Å². The first kappa shape index (κ1) is 13.4. The van der Waals surface area contributed by atoms with Gasteiger partial charge in [0, 0.05) is 11.1 Å². The molecule has 0 aromatic carbocycles. The number of nitrogens with one attached hydrogen (secondary N) is 2. The molecule has 1 amide bonds. The molecule has 7 heteroatoms. The molecule has 0 aliphatic carbocycles. The Balaban J connectivity index is 2.16. The van der Waals surface area contributed by atoms with E-state index in [0.717, 1.165) is 4.88 Å². The Morgan fingerprint density at radius 3 is 2.95 bits per heavy atom. The van der Waals surface area contributed by atoms with Crippen LogP contribution >= 0.6 is 11.3 Å². The average Bonchev–Trinajstić information content (AvgIpc) is 2.92. The Hall–Kier alpha value is -1.99. The van der Waals surface area contributed by atoms with Crippen molar-refractivity contribution >= 4 is 23.1 Å². The van der Waals surface area contributed by atoms with E-state index >= 15 is 0 Å². The number of amides is 1. The van der Waals surface area contributed by atoms with Gasteiger partial charge in [0.1, 0.15) is 0 Å². The number of carbonyl (C=O) groups excluding carboxylic acids is 1. The minimum atomic E-state index is -0.763. The Kier molecular flexibility index (Phi) is 4.08. The number of anilines is 1. The minimum Gasteiger partial charge on any atom is -0.345 e. The summed E-state index contributed by atoms with van der Waals surface area (Å²) in [6.45, 7) is 1.84. The summed E-state index contributed by atoms with van der Waals surface area (Å²) in [6.07, 6.45) is 1.32. The molecule has 4 N–H and O–H groups in total. The summed E-state index contributed by atoms with van der Waals surface area (Å²) < 4.78 is 13.9. The lowest BCUT2D eigenvalue weighted by atomic mass is 10.2. The van der Waals surface area contributed by atoms with Gasteiger partial charge in [-0.05, 0) is 24.4 Å². The van der Waals surface area contributed by atoms with Crippen LogP contribution in [0.3, 0.4) is 0 Å². The summed E-state index contributed by atoms with van der Waals surface area (Å²) in [5.74, 6) is 3.69. The van der Waals surface area contributed by atoms with Crippen molar-refractivity contribution in [2.45, 2.75) is 13.0 Å². The van der Waals surface area contributed by atoms with E-state index in [0.29, 0.717) is 0 Å². The van der Waals surface area contributed by atoms with Gasteiger partial charge in [0.25, 0.3) is 5.91 Å². The molecule has 1 atom stereocenters. The van der Waals surface area contributed by atoms with Crippen molar-refractivity contribution in [3.63, 3.8) is 0 Å². The number of halogens is 1. The zero-order valence-corrected chi connectivity index (χ0v) is 11.0. The topological polar surface area (TPSA) is 80.0 Å². The Morgan fingerprint density at radius 1 is 1.53 bits per heavy atom. The molecule has 0 saturated carbocycles. The zero-order valence-electron chi connectivity index (χ0n) is 10.2. The lowest BCUT2D eigenvalue weighted by molar-refractivity contribution is 0.0936. The first-order valence-electron chi connectivity index (χ1n) is 5.59. The summed E-state index contributed by atoms with van der Waals surface area (Å²) in [5, 5.41) is 4.64. The second-order valence-corrected chi connectivity index (χ2v) is 4.86. The summed E-state index contributed by atoms with van der Waals surface area (Å²) >= 11 is 1.53. The first-order valence-corrected chi connectivity index (χ1v) is 6.47. The van der Waals surface area contributed by atoms with E-state index in [-0.39, 0.29) is 17.4 Å². The fourth-order valence-corrected chi connectivity index (χ4v) is 2.34. The van der Waals surface area contributed by atoms with Gasteiger partial charge < -0.3 is 10.7 Å². The SMILES string of the molecule is CC(NC(=O)c1ccnc(NN)c1F)c1cccs1. The number of thiophene rings is 1. The number of rotatable bonds is 4. The van der Waals surface area contributed by atoms with Crippen molar-refractivity contribution in [3.05, 3.63) is 46.0 Å². The van der Waals surface area contributed by atoms with Gasteiger partial charge >= 0.3 is 0 Å². The molecule has 2 rings (SSSR count). The van der Waals surface area contributed by atoms with Crippen LogP contribution in [0.2, 0.25) is 0 Å². The highest BCUT2D eigenvalue weighted by Crippen LogP contribution is 2.20. The maximum absolute atomic E-state index is 13.9. The largest absolute Gasteiger partial charge is 0.345 e. The fraction of sp³-hybridized carbons (Fsp3) is 0.167. The maximum Gasteiger partial charge on any atom is 0.254 e. The molecular formula is C12H13FN4OS. The predicted molar refractivity (Wildman–Crippen MR) is 72.2 cm³/mol. The van der Waals surface area contributed by atoms with Crippen molar-refractivity contribution in [2.24, 2.45) is 5.84 Å². The predicted octanol–water partition coefficient (Wildman–Crippen LogP) is 2.06. The van der Waals surface area contributed by atoms with Gasteiger partial charge in [-0.25, -0.2) is 15.2 Å². The van der Waals surface area contributed by atoms with Gasteiger partial charge in [0.2, 0.25) is 0 Å². The minimum absolute atomic E-state index is 0.0913. The number of hydrogen-bond acceptors (Lipinski definition) is 5. The molecule has 2 heterocycles. The monoisotopic (exact) mass is 280 g/mol. The quantitative estimate of drug-likeness (QED) is 0.591. The van der Waals surface area contributed by atoms with E-state index in [9.17, 15) is 9.18 Å². The molecular weight excluding hydrogens is 267 g/mol. The third kappa shape index (κ3) is 2.88. The van der Waals surface area contributed by atoms with E-state index in [1.807, 2.05) is 24.4 Å². The number of pyridine rings is 1. The molecule has 0 aliphatic heterocycles. The number of nitrogen functional groups attached to an aromatic ring is 1. The number of carbonyl (C=O) groups is 1. The van der Waals surface area contributed by atoms with Gasteiger partial charge in [0.05, 0.1) is 11.6 Å². The van der Waals surface area contributed by atoms with E-state index in [4.69, 9.17) is 5.84 Å². The number of nitrogens with two attached hydrogens (primary N) is 1. The number of hydrogen-bond donors (Lipinski definition) is 3. The highest BCUT2D eigenvalue weighted by Gasteiger charge is 2.18. The lowest BCUT2D eigenvalue weighted by Gasteiger charge is -2.13. The number of hydrazine groups is 1. The van der Waals surface area contributed by atoms with Crippen LogP contribution in [0.1, 0.15) is 28.2 Å². The highest BCUT2D eigenvalue weighted by atomic mass is 32.1. The van der Waals surface area contributed by atoms with E-state index in [1.165, 1.54) is 23.6 Å². The molecule has 1 unspecified atom stereocenters. The smallest absolute Gasteiger partial charge is 0.254 e. The summed E-state index contributed by atoms with van der Waals surface area (Å²) in [7, 11) is 0. The number of nitrogens with zero attached hydrogens (tertiary/aromatic N) is 1. The van der Waals surface area contributed by atoms with Crippen LogP contribution in [0.15, 0.2) is 29.8 Å². The van der Waals surface area contributed by atoms with E-state index in [1.54, 1.807) is 0 Å². The standard InChI is InChI=1S/C12H13FN4OS/c1-7(9-3-2-6-19-9)16-12(18)8-4-5-15-11(17-14)10(8)13/h2-7H,14H2,1H3,(H,15,17)(H,16,18). The second kappa shape index (κ2) is 5.77. The van der Waals surface area contributed by atoms with Crippen molar-refractivity contribution in [2.75, 3.05) is 5.43 Å². The van der Waals surface area contributed by atoms with E-state index in [2.05, 4.69) is 15.7 Å². The Morgan fingerprint density at radius 2 is 2.32 bits per heavy atom. The van der Waals surface area contributed by atoms with Crippen LogP contribution in [0.5, 0.6) is 0 Å². The molecule has 0 fully saturated rings. The fourth-order valence-electron chi connectivity index (χ4n) is 1.60. The molecule has 0 aliphatic rings. The van der Waals surface area contributed by atoms with Crippen LogP contribution in [-0.4, -0.2) is 10.9 Å². The van der Waals surface area contributed by atoms with Crippen molar-refractivity contribution in [1.29, 1.82) is 0 Å². The number of aromatic nitrogens is 1. The third-order valence-corrected chi connectivity index (χ3v) is 3.64. The molecule has 5 nitrogen and oxygen atoms in total. The normalized spacial score (nSPS) is 11.9. The molecule has 2 aromatic heterocycles.